The predicted octanol–water partition coefficient (Wildman–Crippen LogP) is 4.78. The van der Waals surface area contributed by atoms with Crippen LogP contribution in [0, 0.1) is 0 Å². The van der Waals surface area contributed by atoms with Gasteiger partial charge < -0.3 is 9.47 Å². The monoisotopic (exact) mass is 382 g/mol. The van der Waals surface area contributed by atoms with Crippen LogP contribution >= 0.6 is 0 Å². The van der Waals surface area contributed by atoms with Crippen LogP contribution in [0.1, 0.15) is 33.3 Å². The lowest BCUT2D eigenvalue weighted by Crippen LogP contribution is -2.09. The number of carbonyl (C=O) groups is 1. The average molecular weight is 382 g/mol. The number of esters is 1. The summed E-state index contributed by atoms with van der Waals surface area (Å²) in [6, 6.07) is 5.02. The molecule has 0 aliphatic rings. The molecule has 0 N–H and O–H groups in total. The Morgan fingerprint density at radius 2 is 1.85 bits per heavy atom. The van der Waals surface area contributed by atoms with Crippen molar-refractivity contribution in [2.24, 2.45) is 0 Å². The summed E-state index contributed by atoms with van der Waals surface area (Å²) in [5.41, 5.74) is -0.241. The maximum absolute atomic E-state index is 13.2. The number of alkyl halides is 3. The van der Waals surface area contributed by atoms with Crippen molar-refractivity contribution in [3.63, 3.8) is 0 Å². The number of ether oxygens (including phenoxy) is 2. The predicted molar refractivity (Wildman–Crippen MR) is 95.0 cm³/mol. The van der Waals surface area contributed by atoms with Gasteiger partial charge in [0.1, 0.15) is 5.75 Å². The van der Waals surface area contributed by atoms with Crippen molar-refractivity contribution in [1.29, 1.82) is 0 Å². The second kappa shape index (κ2) is 8.28. The lowest BCUT2D eigenvalue weighted by atomic mass is 10.1. The molecule has 5 nitrogen and oxygen atoms in total. The average Bonchev–Trinajstić information content (AvgIpc) is 2.99. The van der Waals surface area contributed by atoms with Crippen LogP contribution in [0.25, 0.3) is 17.5 Å². The molecule has 0 spiro atoms. The van der Waals surface area contributed by atoms with E-state index in [1.54, 1.807) is 33.8 Å². The van der Waals surface area contributed by atoms with Gasteiger partial charge in [0, 0.05) is 24.0 Å². The van der Waals surface area contributed by atoms with Crippen molar-refractivity contribution < 1.29 is 27.4 Å². The molecule has 0 fully saturated rings. The van der Waals surface area contributed by atoms with Gasteiger partial charge in [-0.15, -0.1) is 0 Å². The number of nitrogens with zero attached hydrogens (tertiary/aromatic N) is 2. The smallest absolute Gasteiger partial charge is 0.416 e. The topological polar surface area (TPSA) is 53.4 Å². The molecule has 0 atom stereocenters. The van der Waals surface area contributed by atoms with Gasteiger partial charge >= 0.3 is 12.1 Å². The molecule has 146 valence electrons. The Morgan fingerprint density at radius 3 is 2.44 bits per heavy atom. The standard InChI is InChI=1S/C19H21F3N2O3/c1-12(2)26-16-10-14(9-15(11-16)19(20,21)22)17-5-7-24(23-17)8-6-18(25)27-13(3)4/h5-13H,1-4H3. The fourth-order valence-corrected chi connectivity index (χ4v) is 2.23. The fourth-order valence-electron chi connectivity index (χ4n) is 2.23. The SMILES string of the molecule is CC(C)OC(=O)C=Cn1ccc(-c2cc(OC(C)C)cc(C(F)(F)F)c2)n1. The van der Waals surface area contributed by atoms with Gasteiger partial charge in [-0.1, -0.05) is 0 Å². The molecule has 2 rings (SSSR count). The largest absolute Gasteiger partial charge is 0.491 e. The van der Waals surface area contributed by atoms with E-state index in [9.17, 15) is 18.0 Å². The third kappa shape index (κ3) is 6.16. The molecular weight excluding hydrogens is 361 g/mol. The Labute approximate surface area is 155 Å². The van der Waals surface area contributed by atoms with Crippen molar-refractivity contribution in [3.05, 3.63) is 42.1 Å². The minimum Gasteiger partial charge on any atom is -0.491 e. The van der Waals surface area contributed by atoms with Crippen LogP contribution in [0.3, 0.4) is 0 Å². The molecule has 0 unspecified atom stereocenters. The first-order chi connectivity index (χ1) is 12.5. The Morgan fingerprint density at radius 1 is 1.15 bits per heavy atom. The molecule has 1 aromatic carbocycles. The van der Waals surface area contributed by atoms with E-state index in [2.05, 4.69) is 5.10 Å². The van der Waals surface area contributed by atoms with E-state index in [0.29, 0.717) is 5.69 Å². The van der Waals surface area contributed by atoms with Crippen molar-refractivity contribution in [2.45, 2.75) is 46.1 Å². The summed E-state index contributed by atoms with van der Waals surface area (Å²) < 4.78 is 51.2. The number of rotatable bonds is 6. The zero-order chi connectivity index (χ0) is 20.2. The van der Waals surface area contributed by atoms with Crippen molar-refractivity contribution in [1.82, 2.24) is 9.78 Å². The van der Waals surface area contributed by atoms with Gasteiger partial charge in [-0.3, -0.25) is 0 Å². The molecule has 0 saturated heterocycles. The summed E-state index contributed by atoms with van der Waals surface area (Å²) in [4.78, 5) is 11.5. The highest BCUT2D eigenvalue weighted by molar-refractivity contribution is 5.85. The van der Waals surface area contributed by atoms with Gasteiger partial charge in [0.25, 0.3) is 0 Å². The van der Waals surface area contributed by atoms with E-state index in [1.807, 2.05) is 0 Å². The van der Waals surface area contributed by atoms with Crippen molar-refractivity contribution in [3.8, 4) is 17.0 Å². The van der Waals surface area contributed by atoms with E-state index in [-0.39, 0.29) is 23.5 Å². The maximum atomic E-state index is 13.2. The fraction of sp³-hybridized carbons (Fsp3) is 0.368. The van der Waals surface area contributed by atoms with E-state index < -0.39 is 17.7 Å². The Balaban J connectivity index is 2.31. The summed E-state index contributed by atoms with van der Waals surface area (Å²) in [5.74, 6) is -0.422. The lowest BCUT2D eigenvalue weighted by molar-refractivity contribution is -0.141. The number of aromatic nitrogens is 2. The molecule has 0 saturated carbocycles. The van der Waals surface area contributed by atoms with Crippen LogP contribution in [-0.4, -0.2) is 28.0 Å². The highest BCUT2D eigenvalue weighted by atomic mass is 19.4. The maximum Gasteiger partial charge on any atom is 0.416 e. The second-order valence-corrected chi connectivity index (χ2v) is 6.39. The molecule has 1 heterocycles. The first kappa shape index (κ1) is 20.5. The summed E-state index contributed by atoms with van der Waals surface area (Å²) >= 11 is 0. The first-order valence-corrected chi connectivity index (χ1v) is 8.38. The minimum atomic E-state index is -4.51. The third-order valence-electron chi connectivity index (χ3n) is 3.22. The van der Waals surface area contributed by atoms with Gasteiger partial charge in [-0.05, 0) is 52.0 Å². The van der Waals surface area contributed by atoms with Gasteiger partial charge in [0.2, 0.25) is 0 Å². The number of halogens is 3. The Hall–Kier alpha value is -2.77. The summed E-state index contributed by atoms with van der Waals surface area (Å²) in [7, 11) is 0. The zero-order valence-corrected chi connectivity index (χ0v) is 15.4. The van der Waals surface area contributed by atoms with Gasteiger partial charge in [0.15, 0.2) is 0 Å². The van der Waals surface area contributed by atoms with E-state index in [4.69, 9.17) is 9.47 Å². The third-order valence-corrected chi connectivity index (χ3v) is 3.22. The molecule has 2 aromatic rings. The van der Waals surface area contributed by atoms with Gasteiger partial charge in [0.05, 0.1) is 23.5 Å². The molecule has 8 heteroatoms. The molecule has 27 heavy (non-hydrogen) atoms. The summed E-state index contributed by atoms with van der Waals surface area (Å²) in [5, 5.41) is 4.17. The molecule has 0 amide bonds. The lowest BCUT2D eigenvalue weighted by Gasteiger charge is -2.14. The van der Waals surface area contributed by atoms with E-state index in [0.717, 1.165) is 12.1 Å². The van der Waals surface area contributed by atoms with Crippen LogP contribution in [-0.2, 0) is 15.7 Å². The first-order valence-electron chi connectivity index (χ1n) is 8.38. The minimum absolute atomic E-state index is 0.112. The summed E-state index contributed by atoms with van der Waals surface area (Å²) in [6.07, 6.45) is -0.941. The van der Waals surface area contributed by atoms with Crippen LogP contribution < -0.4 is 4.74 Å². The van der Waals surface area contributed by atoms with Crippen LogP contribution in [0.5, 0.6) is 5.75 Å². The molecule has 1 aromatic heterocycles. The second-order valence-electron chi connectivity index (χ2n) is 6.39. The van der Waals surface area contributed by atoms with Crippen LogP contribution in [0.2, 0.25) is 0 Å². The van der Waals surface area contributed by atoms with E-state index in [1.165, 1.54) is 29.2 Å². The van der Waals surface area contributed by atoms with Crippen LogP contribution in [0.4, 0.5) is 13.2 Å². The molecular formula is C19H21F3N2O3. The molecule has 0 aliphatic heterocycles. The summed E-state index contributed by atoms with van der Waals surface area (Å²) in [6.45, 7) is 6.91. The number of carbonyl (C=O) groups excluding carboxylic acids is 1. The van der Waals surface area contributed by atoms with Gasteiger partial charge in [-0.2, -0.15) is 18.3 Å². The normalized spacial score (nSPS) is 12.2. The number of benzene rings is 1. The molecule has 0 aliphatic carbocycles. The Bertz CT molecular complexity index is 824. The van der Waals surface area contributed by atoms with Crippen molar-refractivity contribution >= 4 is 12.2 Å². The molecule has 0 bridgehead atoms. The quantitative estimate of drug-likeness (QED) is 0.533. The number of hydrogen-bond acceptors (Lipinski definition) is 4. The zero-order valence-electron chi connectivity index (χ0n) is 15.4. The van der Waals surface area contributed by atoms with E-state index >= 15 is 0 Å². The number of hydrogen-bond donors (Lipinski definition) is 0. The molecule has 0 radical (unpaired) electrons. The van der Waals surface area contributed by atoms with Crippen molar-refractivity contribution in [2.75, 3.05) is 0 Å². The highest BCUT2D eigenvalue weighted by Crippen LogP contribution is 2.35. The van der Waals surface area contributed by atoms with Crippen LogP contribution in [0.15, 0.2) is 36.5 Å². The van der Waals surface area contributed by atoms with Gasteiger partial charge in [-0.25, -0.2) is 9.48 Å². The Kier molecular flexibility index (Phi) is 6.30. The highest BCUT2D eigenvalue weighted by Gasteiger charge is 2.31.